The van der Waals surface area contributed by atoms with Crippen molar-refractivity contribution in [2.75, 3.05) is 6.61 Å². The maximum absolute atomic E-state index is 13.9. The highest BCUT2D eigenvalue weighted by atomic mass is 16.7. The summed E-state index contributed by atoms with van der Waals surface area (Å²) in [5, 5.41) is 92.5. The average Bonchev–Trinajstić information content (AvgIpc) is 3.13. The van der Waals surface area contributed by atoms with Crippen LogP contribution in [0.3, 0.4) is 0 Å². The number of phenolic OH excluding ortho intramolecular Hbond substituents is 3. The van der Waals surface area contributed by atoms with Gasteiger partial charge in [0.15, 0.2) is 24.6 Å². The van der Waals surface area contributed by atoms with E-state index in [4.69, 9.17) is 32.8 Å². The fourth-order valence-corrected chi connectivity index (χ4v) is 6.88. The molecule has 0 radical (unpaired) electrons. The molecule has 3 aliphatic heterocycles. The van der Waals surface area contributed by atoms with Crippen LogP contribution in [0.1, 0.15) is 13.8 Å². The van der Waals surface area contributed by atoms with Crippen LogP contribution in [0.15, 0.2) is 45.6 Å². The quantitative estimate of drug-likeness (QED) is 0.105. The van der Waals surface area contributed by atoms with Gasteiger partial charge in [0.2, 0.25) is 11.2 Å². The van der Waals surface area contributed by atoms with Crippen LogP contribution in [0.2, 0.25) is 0 Å². The summed E-state index contributed by atoms with van der Waals surface area (Å²) < 4.78 is 40.3. The number of carbonyl (C=O) groups excluding carboxylic acids is 2. The molecule has 0 aliphatic carbocycles. The number of aliphatic hydroxyl groups excluding tert-OH is 6. The van der Waals surface area contributed by atoms with E-state index in [1.165, 1.54) is 38.1 Å². The molecule has 0 unspecified atom stereocenters. The van der Waals surface area contributed by atoms with Crippen molar-refractivity contribution in [2.24, 2.45) is 11.8 Å². The van der Waals surface area contributed by atoms with Crippen molar-refractivity contribution in [1.82, 2.24) is 0 Å². The molecule has 15 atom stereocenters. The Morgan fingerprint density at radius 1 is 0.722 bits per heavy atom. The monoisotopic (exact) mass is 764 g/mol. The van der Waals surface area contributed by atoms with Crippen LogP contribution in [0.25, 0.3) is 22.3 Å². The number of carbonyl (C=O) groups is 2. The molecular formula is C35H40O19. The fraction of sp³-hybridized carbons (Fsp3) is 0.514. The number of aldehydes is 2. The van der Waals surface area contributed by atoms with Gasteiger partial charge < -0.3 is 88.4 Å². The molecule has 0 saturated carbocycles. The van der Waals surface area contributed by atoms with E-state index in [2.05, 4.69) is 0 Å². The first-order chi connectivity index (χ1) is 25.7. The number of benzene rings is 2. The van der Waals surface area contributed by atoms with Crippen LogP contribution in [-0.2, 0) is 33.3 Å². The molecule has 2 aromatic carbocycles. The van der Waals surface area contributed by atoms with Crippen molar-refractivity contribution in [3.8, 4) is 34.3 Å². The Hall–Kier alpha value is -4.25. The molecule has 19 heteroatoms. The van der Waals surface area contributed by atoms with Gasteiger partial charge in [0.05, 0.1) is 30.7 Å². The van der Waals surface area contributed by atoms with Gasteiger partial charge in [0, 0.05) is 17.7 Å². The summed E-state index contributed by atoms with van der Waals surface area (Å²) in [5.74, 6) is -4.80. The maximum atomic E-state index is 13.9. The summed E-state index contributed by atoms with van der Waals surface area (Å²) in [6.07, 6.45) is -19.7. The Kier molecular flexibility index (Phi) is 11.6. The standard InChI is InChI=1S/C35H40O19/c1-12-28(52-32-23(42)22-19(41)7-16(40)8-20(22)50-30(32)14-3-5-15(39)6-4-14)17(9-36)18(10-37)34(49-12)54-31-21(11-38)51-35(27(46)25(31)44)53-29-13(2)48-33(47)26(45)24(29)43/h3-10,12-13,17-18,21,24-29,31,33-35,38-41,43-47H,11H2,1-2H3/t12-,13-,17-,18+,21-,24+,25+,26-,27-,28-,29-,31+,33-,34-,35+/m0/s1. The molecule has 0 amide bonds. The Morgan fingerprint density at radius 3 is 2.00 bits per heavy atom. The lowest BCUT2D eigenvalue weighted by atomic mass is 9.83. The predicted molar refractivity (Wildman–Crippen MR) is 177 cm³/mol. The SMILES string of the molecule is C[C@@H]1O[C@H](O)[C@@H](O)[C@@H](O)[C@H]1O[C@H]1O[C@@H](CO)[C@@H](O[C@@H]2O[C@@H](C)[C@H](Oc3c(-c4ccc(O)cc4)oc4cc(O)cc(O)c4c3=O)[C@@H](C=O)[C@H]2C=O)[C@H](O)[C@@H]1O. The topological polar surface area (TPSA) is 302 Å². The Balaban J connectivity index is 1.26. The summed E-state index contributed by atoms with van der Waals surface area (Å²) in [4.78, 5) is 39.1. The maximum Gasteiger partial charge on any atom is 0.239 e. The zero-order valence-corrected chi connectivity index (χ0v) is 28.6. The number of hydrogen-bond donors (Lipinski definition) is 9. The van der Waals surface area contributed by atoms with E-state index in [1.54, 1.807) is 0 Å². The van der Waals surface area contributed by atoms with E-state index >= 15 is 0 Å². The summed E-state index contributed by atoms with van der Waals surface area (Å²) in [7, 11) is 0. The van der Waals surface area contributed by atoms with Crippen LogP contribution < -0.4 is 10.2 Å². The minimum Gasteiger partial charge on any atom is -0.508 e. The first-order valence-electron chi connectivity index (χ1n) is 16.9. The van der Waals surface area contributed by atoms with Gasteiger partial charge >= 0.3 is 0 Å². The van der Waals surface area contributed by atoms with Crippen LogP contribution in [0.4, 0.5) is 0 Å². The van der Waals surface area contributed by atoms with Crippen molar-refractivity contribution >= 4 is 23.5 Å². The van der Waals surface area contributed by atoms with Crippen LogP contribution in [0, 0.1) is 11.8 Å². The molecule has 54 heavy (non-hydrogen) atoms. The van der Waals surface area contributed by atoms with Crippen LogP contribution >= 0.6 is 0 Å². The van der Waals surface area contributed by atoms with Gasteiger partial charge in [-0.2, -0.15) is 0 Å². The molecule has 9 N–H and O–H groups in total. The number of aliphatic hydroxyl groups is 6. The Labute approximate surface area is 305 Å². The van der Waals surface area contributed by atoms with E-state index < -0.39 is 121 Å². The van der Waals surface area contributed by atoms with E-state index in [0.717, 1.165) is 12.1 Å². The lowest BCUT2D eigenvalue weighted by molar-refractivity contribution is -0.368. The Morgan fingerprint density at radius 2 is 1.35 bits per heavy atom. The highest BCUT2D eigenvalue weighted by Crippen LogP contribution is 2.40. The first-order valence-corrected chi connectivity index (χ1v) is 16.9. The third-order valence-electron chi connectivity index (χ3n) is 9.76. The normalized spacial score (nSPS) is 37.1. The molecule has 0 bridgehead atoms. The number of aromatic hydroxyl groups is 3. The molecule has 6 rings (SSSR count). The molecule has 3 aromatic rings. The van der Waals surface area contributed by atoms with Crippen molar-refractivity contribution in [3.63, 3.8) is 0 Å². The molecule has 3 aliphatic rings. The Bertz CT molecular complexity index is 1860. The van der Waals surface area contributed by atoms with Crippen LogP contribution in [0.5, 0.6) is 23.0 Å². The second kappa shape index (κ2) is 15.8. The lowest BCUT2D eigenvalue weighted by Gasteiger charge is -2.48. The van der Waals surface area contributed by atoms with Crippen molar-refractivity contribution in [2.45, 2.75) is 93.8 Å². The average molecular weight is 765 g/mol. The molecule has 4 heterocycles. The van der Waals surface area contributed by atoms with Gasteiger partial charge in [-0.3, -0.25) is 4.79 Å². The van der Waals surface area contributed by atoms with E-state index in [-0.39, 0.29) is 28.0 Å². The molecular weight excluding hydrogens is 724 g/mol. The molecule has 294 valence electrons. The van der Waals surface area contributed by atoms with Gasteiger partial charge in [0.1, 0.15) is 89.6 Å². The number of rotatable bonds is 10. The molecule has 19 nitrogen and oxygen atoms in total. The van der Waals surface area contributed by atoms with Crippen molar-refractivity contribution < 1.29 is 88.4 Å². The van der Waals surface area contributed by atoms with Crippen LogP contribution in [-0.4, -0.2) is 145 Å². The molecule has 3 fully saturated rings. The second-order valence-electron chi connectivity index (χ2n) is 13.3. The summed E-state index contributed by atoms with van der Waals surface area (Å²) >= 11 is 0. The number of hydrogen-bond acceptors (Lipinski definition) is 19. The third-order valence-corrected chi connectivity index (χ3v) is 9.76. The lowest BCUT2D eigenvalue weighted by Crippen LogP contribution is -2.65. The zero-order chi connectivity index (χ0) is 39.2. The van der Waals surface area contributed by atoms with Gasteiger partial charge in [-0.1, -0.05) is 0 Å². The fourth-order valence-electron chi connectivity index (χ4n) is 6.88. The number of phenols is 3. The highest BCUT2D eigenvalue weighted by Gasteiger charge is 2.53. The van der Waals surface area contributed by atoms with Gasteiger partial charge in [-0.15, -0.1) is 0 Å². The third kappa shape index (κ3) is 7.28. The summed E-state index contributed by atoms with van der Waals surface area (Å²) in [5.41, 5.74) is -0.926. The van der Waals surface area contributed by atoms with Crippen molar-refractivity contribution in [3.05, 3.63) is 46.6 Å². The molecule has 3 saturated heterocycles. The highest BCUT2D eigenvalue weighted by molar-refractivity contribution is 5.88. The van der Waals surface area contributed by atoms with E-state index in [1.807, 2.05) is 0 Å². The van der Waals surface area contributed by atoms with Crippen molar-refractivity contribution in [1.29, 1.82) is 0 Å². The smallest absolute Gasteiger partial charge is 0.239 e. The summed E-state index contributed by atoms with van der Waals surface area (Å²) in [6.45, 7) is 1.99. The molecule has 0 spiro atoms. The minimum absolute atomic E-state index is 0.116. The van der Waals surface area contributed by atoms with Gasteiger partial charge in [-0.05, 0) is 38.1 Å². The predicted octanol–water partition coefficient (Wildman–Crippen LogP) is -1.63. The van der Waals surface area contributed by atoms with E-state index in [0.29, 0.717) is 12.6 Å². The second-order valence-corrected chi connectivity index (χ2v) is 13.3. The summed E-state index contributed by atoms with van der Waals surface area (Å²) in [6, 6.07) is 7.38. The van der Waals surface area contributed by atoms with Gasteiger partial charge in [0.25, 0.3) is 0 Å². The largest absolute Gasteiger partial charge is 0.508 e. The number of fused-ring (bicyclic) bond motifs is 1. The van der Waals surface area contributed by atoms with Gasteiger partial charge in [-0.25, -0.2) is 0 Å². The van der Waals surface area contributed by atoms with E-state index in [9.17, 15) is 60.3 Å². The minimum atomic E-state index is -1.92. The molecule has 1 aromatic heterocycles. The first kappa shape index (κ1) is 39.4. The number of ether oxygens (including phenoxy) is 6. The zero-order valence-electron chi connectivity index (χ0n) is 28.6.